The lowest BCUT2D eigenvalue weighted by molar-refractivity contribution is -0.169. The highest BCUT2D eigenvalue weighted by molar-refractivity contribution is 6.35. The minimum atomic E-state index is -5.12. The Morgan fingerprint density at radius 3 is 2.28 bits per heavy atom. The zero-order valence-corrected chi connectivity index (χ0v) is 20.3. The van der Waals surface area contributed by atoms with Crippen molar-refractivity contribution in [3.05, 3.63) is 63.6 Å². The number of likely N-dealkylation sites (tertiary alicyclic amines) is 1. The number of anilines is 1. The van der Waals surface area contributed by atoms with Gasteiger partial charge in [0.25, 0.3) is 5.91 Å². The minimum absolute atomic E-state index is 0.0882. The molecule has 1 atom stereocenters. The Bertz CT molecular complexity index is 1150. The lowest BCUT2D eigenvalue weighted by atomic mass is 10.0. The lowest BCUT2D eigenvalue weighted by Crippen LogP contribution is -2.50. The first-order valence-electron chi connectivity index (χ1n) is 10.8. The number of carbonyl (C=O) groups excluding carboxylic acids is 3. The number of rotatable bonds is 5. The van der Waals surface area contributed by atoms with Crippen LogP contribution < -0.4 is 16.4 Å². The molecule has 1 aliphatic heterocycles. The first kappa shape index (κ1) is 27.3. The normalized spacial score (nSPS) is 16.4. The van der Waals surface area contributed by atoms with Gasteiger partial charge in [-0.25, -0.2) is 4.79 Å². The van der Waals surface area contributed by atoms with Gasteiger partial charge in [-0.2, -0.15) is 18.2 Å². The van der Waals surface area contributed by atoms with Crippen LogP contribution in [0.1, 0.15) is 35.2 Å². The number of benzene rings is 2. The van der Waals surface area contributed by atoms with Crippen molar-refractivity contribution in [2.24, 2.45) is 10.7 Å². The van der Waals surface area contributed by atoms with Gasteiger partial charge in [-0.3, -0.25) is 9.59 Å². The van der Waals surface area contributed by atoms with E-state index in [-0.39, 0.29) is 24.1 Å². The Balaban J connectivity index is 1.61. The predicted molar refractivity (Wildman–Crippen MR) is 130 cm³/mol. The SMILES string of the molecule is NC(=NC(=O)C(F)(F)F)c1ccc(NC(=O)N2CCCCC2CNC(=O)c2cc(Cl)cc(Cl)c2)cc1. The van der Waals surface area contributed by atoms with Crippen molar-refractivity contribution in [1.29, 1.82) is 0 Å². The Morgan fingerprint density at radius 1 is 1.03 bits per heavy atom. The van der Waals surface area contributed by atoms with E-state index in [0.29, 0.717) is 34.3 Å². The van der Waals surface area contributed by atoms with Gasteiger partial charge < -0.3 is 21.3 Å². The molecular weight excluding hydrogens is 522 g/mol. The van der Waals surface area contributed by atoms with Crippen LogP contribution in [0.2, 0.25) is 10.0 Å². The van der Waals surface area contributed by atoms with Gasteiger partial charge in [0.1, 0.15) is 5.84 Å². The Morgan fingerprint density at radius 2 is 1.67 bits per heavy atom. The molecule has 1 heterocycles. The van der Waals surface area contributed by atoms with Gasteiger partial charge in [0, 0.05) is 39.9 Å². The van der Waals surface area contributed by atoms with Crippen LogP contribution in [0.15, 0.2) is 47.5 Å². The minimum Gasteiger partial charge on any atom is -0.383 e. The zero-order chi connectivity index (χ0) is 26.5. The van der Waals surface area contributed by atoms with Crippen molar-refractivity contribution in [2.75, 3.05) is 18.4 Å². The summed E-state index contributed by atoms with van der Waals surface area (Å²) in [6, 6.07) is 9.37. The lowest BCUT2D eigenvalue weighted by Gasteiger charge is -2.35. The quantitative estimate of drug-likeness (QED) is 0.377. The number of hydrogen-bond acceptors (Lipinski definition) is 3. The molecule has 0 spiro atoms. The molecule has 13 heteroatoms. The second kappa shape index (κ2) is 11.6. The van der Waals surface area contributed by atoms with Crippen molar-refractivity contribution in [2.45, 2.75) is 31.5 Å². The van der Waals surface area contributed by atoms with Crippen LogP contribution in [0, 0.1) is 0 Å². The van der Waals surface area contributed by atoms with Crippen molar-refractivity contribution in [3.8, 4) is 0 Å². The standard InChI is InChI=1S/C23H22Cl2F3N5O3/c24-15-9-14(10-16(25)11-15)20(34)30-12-18-3-1-2-8-33(18)22(36)31-17-6-4-13(5-7-17)19(29)32-21(35)23(26,27)28/h4-7,9-11,18H,1-3,8,12H2,(H,30,34)(H,31,36)(H2,29,32,35). The van der Waals surface area contributed by atoms with Crippen LogP contribution in [0.5, 0.6) is 0 Å². The topological polar surface area (TPSA) is 117 Å². The number of alkyl halides is 3. The molecule has 0 aromatic heterocycles. The van der Waals surface area contributed by atoms with Crippen LogP contribution in [0.3, 0.4) is 0 Å². The van der Waals surface area contributed by atoms with E-state index in [0.717, 1.165) is 12.8 Å². The summed E-state index contributed by atoms with van der Waals surface area (Å²) in [7, 11) is 0. The number of nitrogens with one attached hydrogen (secondary N) is 2. The van der Waals surface area contributed by atoms with E-state index in [2.05, 4.69) is 15.6 Å². The van der Waals surface area contributed by atoms with Gasteiger partial charge in [-0.1, -0.05) is 23.2 Å². The maximum Gasteiger partial charge on any atom is 0.473 e. The highest BCUT2D eigenvalue weighted by Crippen LogP contribution is 2.21. The van der Waals surface area contributed by atoms with Gasteiger partial charge >= 0.3 is 18.1 Å². The summed E-state index contributed by atoms with van der Waals surface area (Å²) in [4.78, 5) is 40.9. The molecule has 36 heavy (non-hydrogen) atoms. The van der Waals surface area contributed by atoms with Gasteiger partial charge in [0.05, 0.1) is 6.04 Å². The van der Waals surface area contributed by atoms with Gasteiger partial charge in [-0.05, 0) is 61.7 Å². The van der Waals surface area contributed by atoms with Crippen LogP contribution >= 0.6 is 23.2 Å². The fraction of sp³-hybridized carbons (Fsp3) is 0.304. The number of nitrogens with zero attached hydrogens (tertiary/aromatic N) is 2. The molecule has 1 fully saturated rings. The molecule has 192 valence electrons. The Hall–Kier alpha value is -3.31. The summed E-state index contributed by atoms with van der Waals surface area (Å²) in [5.41, 5.74) is 6.23. The summed E-state index contributed by atoms with van der Waals surface area (Å²) in [5.74, 6) is -3.27. The van der Waals surface area contributed by atoms with Crippen molar-refractivity contribution >= 4 is 52.6 Å². The monoisotopic (exact) mass is 543 g/mol. The van der Waals surface area contributed by atoms with E-state index in [1.165, 1.54) is 42.5 Å². The first-order chi connectivity index (χ1) is 16.9. The molecule has 2 aromatic carbocycles. The fourth-order valence-electron chi connectivity index (χ4n) is 3.63. The summed E-state index contributed by atoms with van der Waals surface area (Å²) < 4.78 is 37.1. The maximum absolute atomic E-state index is 12.9. The highest BCUT2D eigenvalue weighted by atomic mass is 35.5. The van der Waals surface area contributed by atoms with Gasteiger partial charge in [0.2, 0.25) is 0 Å². The van der Waals surface area contributed by atoms with E-state index in [1.807, 2.05) is 0 Å². The third-order valence-electron chi connectivity index (χ3n) is 5.41. The Labute approximate surface area is 214 Å². The fourth-order valence-corrected chi connectivity index (χ4v) is 4.16. The van der Waals surface area contributed by atoms with Crippen LogP contribution in [-0.4, -0.2) is 53.9 Å². The van der Waals surface area contributed by atoms with Gasteiger partial charge in [-0.15, -0.1) is 0 Å². The third-order valence-corrected chi connectivity index (χ3v) is 5.84. The molecule has 3 rings (SSSR count). The van der Waals surface area contributed by atoms with Crippen LogP contribution in [0.25, 0.3) is 0 Å². The molecule has 1 aliphatic rings. The number of carbonyl (C=O) groups is 3. The smallest absolute Gasteiger partial charge is 0.383 e. The summed E-state index contributed by atoms with van der Waals surface area (Å²) >= 11 is 11.9. The summed E-state index contributed by atoms with van der Waals surface area (Å²) in [6.45, 7) is 0.697. The molecule has 8 nitrogen and oxygen atoms in total. The average Bonchev–Trinajstić information content (AvgIpc) is 2.81. The summed E-state index contributed by atoms with van der Waals surface area (Å²) in [5, 5.41) is 6.19. The number of halogens is 5. The molecule has 0 aliphatic carbocycles. The van der Waals surface area contributed by atoms with Crippen LogP contribution in [0.4, 0.5) is 23.7 Å². The van der Waals surface area contributed by atoms with E-state index in [1.54, 1.807) is 4.90 Å². The van der Waals surface area contributed by atoms with Crippen molar-refractivity contribution in [1.82, 2.24) is 10.2 Å². The number of nitrogens with two attached hydrogens (primary N) is 1. The van der Waals surface area contributed by atoms with Gasteiger partial charge in [0.15, 0.2) is 0 Å². The Kier molecular flexibility index (Phi) is 8.80. The highest BCUT2D eigenvalue weighted by Gasteiger charge is 2.38. The number of piperidine rings is 1. The molecule has 4 amide bonds. The molecule has 1 unspecified atom stereocenters. The molecule has 0 radical (unpaired) electrons. The van der Waals surface area contributed by atoms with E-state index in [9.17, 15) is 27.6 Å². The largest absolute Gasteiger partial charge is 0.473 e. The molecule has 2 aromatic rings. The molecule has 0 bridgehead atoms. The predicted octanol–water partition coefficient (Wildman–Crippen LogP) is 4.60. The molecule has 0 saturated carbocycles. The maximum atomic E-state index is 12.9. The number of urea groups is 1. The van der Waals surface area contributed by atoms with E-state index < -0.39 is 24.0 Å². The molecular formula is C23H22Cl2F3N5O3. The average molecular weight is 544 g/mol. The van der Waals surface area contributed by atoms with Crippen molar-refractivity contribution in [3.63, 3.8) is 0 Å². The second-order valence-electron chi connectivity index (χ2n) is 8.02. The van der Waals surface area contributed by atoms with E-state index in [4.69, 9.17) is 28.9 Å². The number of amides is 4. The zero-order valence-electron chi connectivity index (χ0n) is 18.7. The third kappa shape index (κ3) is 7.34. The number of aliphatic imine (C=N–C) groups is 1. The number of amidine groups is 1. The van der Waals surface area contributed by atoms with Crippen LogP contribution in [-0.2, 0) is 4.79 Å². The molecule has 1 saturated heterocycles. The summed E-state index contributed by atoms with van der Waals surface area (Å²) in [6.07, 6.45) is -2.76. The van der Waals surface area contributed by atoms with Crippen molar-refractivity contribution < 1.29 is 27.6 Å². The second-order valence-corrected chi connectivity index (χ2v) is 8.89. The number of hydrogen-bond donors (Lipinski definition) is 3. The first-order valence-corrected chi connectivity index (χ1v) is 11.6. The van der Waals surface area contributed by atoms with E-state index >= 15 is 0 Å². The molecule has 4 N–H and O–H groups in total.